The minimum Gasteiger partial charge on any atom is -0.450 e. The Hall–Kier alpha value is -2.04. The van der Waals surface area contributed by atoms with Crippen LogP contribution in [0.15, 0.2) is 42.5 Å². The number of fused-ring (bicyclic) bond motifs is 2. The van der Waals surface area contributed by atoms with E-state index in [2.05, 4.69) is 0 Å². The van der Waals surface area contributed by atoms with Gasteiger partial charge in [0.15, 0.2) is 0 Å². The van der Waals surface area contributed by atoms with Gasteiger partial charge in [-0.3, -0.25) is 4.79 Å². The first kappa shape index (κ1) is 16.4. The van der Waals surface area contributed by atoms with Gasteiger partial charge in [0.2, 0.25) is 0 Å². The van der Waals surface area contributed by atoms with Crippen LogP contribution >= 0.6 is 23.2 Å². The summed E-state index contributed by atoms with van der Waals surface area (Å²) >= 11 is 12.2. The number of nitrogens with zero attached hydrogens (tertiary/aromatic N) is 1. The van der Waals surface area contributed by atoms with Crippen LogP contribution in [0.2, 0.25) is 10.0 Å². The SMILES string of the molecule is O=C1OC2(CCN(C(=O)c3cccc(Cl)c3Cl)CC2)c2ccccc21. The van der Waals surface area contributed by atoms with Crippen molar-refractivity contribution in [2.45, 2.75) is 18.4 Å². The standard InChI is InChI=1S/C19H15Cl2NO3/c20-15-7-3-5-13(16(15)21)17(23)22-10-8-19(9-11-22)14-6-2-1-4-12(14)18(24)25-19/h1-7H,8-11H2. The maximum Gasteiger partial charge on any atom is 0.339 e. The molecule has 0 aromatic heterocycles. The molecule has 1 saturated heterocycles. The Kier molecular flexibility index (Phi) is 3.97. The van der Waals surface area contributed by atoms with Gasteiger partial charge in [-0.25, -0.2) is 4.79 Å². The highest BCUT2D eigenvalue weighted by atomic mass is 35.5. The molecule has 6 heteroatoms. The topological polar surface area (TPSA) is 46.6 Å². The summed E-state index contributed by atoms with van der Waals surface area (Å²) in [5, 5.41) is 0.631. The fourth-order valence-electron chi connectivity index (χ4n) is 3.63. The Morgan fingerprint density at radius 1 is 1.04 bits per heavy atom. The van der Waals surface area contributed by atoms with Crippen LogP contribution < -0.4 is 0 Å². The minimum atomic E-state index is -0.622. The number of halogens is 2. The molecule has 0 aliphatic carbocycles. The van der Waals surface area contributed by atoms with Gasteiger partial charge in [0.05, 0.1) is 21.2 Å². The van der Waals surface area contributed by atoms with Crippen LogP contribution in [-0.2, 0) is 10.3 Å². The van der Waals surface area contributed by atoms with Crippen LogP contribution in [0.3, 0.4) is 0 Å². The third-order valence-corrected chi connectivity index (χ3v) is 5.79. The molecular weight excluding hydrogens is 361 g/mol. The maximum atomic E-state index is 12.8. The highest BCUT2D eigenvalue weighted by molar-refractivity contribution is 6.43. The van der Waals surface area contributed by atoms with Crippen molar-refractivity contribution in [1.82, 2.24) is 4.90 Å². The molecule has 2 aromatic carbocycles. The first-order chi connectivity index (χ1) is 12.0. The number of carbonyl (C=O) groups excluding carboxylic acids is 2. The number of piperidine rings is 1. The molecule has 128 valence electrons. The number of esters is 1. The molecule has 1 spiro atoms. The maximum absolute atomic E-state index is 12.8. The summed E-state index contributed by atoms with van der Waals surface area (Å²) in [6.07, 6.45) is 1.14. The van der Waals surface area contributed by atoms with E-state index in [1.54, 1.807) is 29.2 Å². The zero-order chi connectivity index (χ0) is 17.6. The van der Waals surface area contributed by atoms with E-state index >= 15 is 0 Å². The molecule has 0 radical (unpaired) electrons. The molecule has 0 saturated carbocycles. The van der Waals surface area contributed by atoms with Crippen molar-refractivity contribution >= 4 is 35.1 Å². The third-order valence-electron chi connectivity index (χ3n) is 4.97. The van der Waals surface area contributed by atoms with Crippen molar-refractivity contribution in [2.75, 3.05) is 13.1 Å². The van der Waals surface area contributed by atoms with Gasteiger partial charge in [-0.2, -0.15) is 0 Å². The van der Waals surface area contributed by atoms with Gasteiger partial charge in [-0.05, 0) is 18.2 Å². The van der Waals surface area contributed by atoms with Crippen LogP contribution in [0.4, 0.5) is 0 Å². The summed E-state index contributed by atoms with van der Waals surface area (Å²) in [5.74, 6) is -0.437. The summed E-state index contributed by atoms with van der Waals surface area (Å²) in [6, 6.07) is 12.5. The molecule has 2 aromatic rings. The molecule has 2 aliphatic heterocycles. The fourth-order valence-corrected chi connectivity index (χ4v) is 4.01. The number of hydrogen-bond acceptors (Lipinski definition) is 3. The number of likely N-dealkylation sites (tertiary alicyclic amines) is 1. The molecule has 4 nitrogen and oxygen atoms in total. The van der Waals surface area contributed by atoms with E-state index in [9.17, 15) is 9.59 Å². The Morgan fingerprint density at radius 3 is 2.52 bits per heavy atom. The number of rotatable bonds is 1. The highest BCUT2D eigenvalue weighted by Crippen LogP contribution is 2.44. The summed E-state index contributed by atoms with van der Waals surface area (Å²) in [7, 11) is 0. The van der Waals surface area contributed by atoms with Crippen LogP contribution in [0, 0.1) is 0 Å². The average Bonchev–Trinajstić information content (AvgIpc) is 2.90. The van der Waals surface area contributed by atoms with E-state index in [0.717, 1.165) is 5.56 Å². The molecule has 0 atom stereocenters. The first-order valence-electron chi connectivity index (χ1n) is 8.08. The average molecular weight is 376 g/mol. The quantitative estimate of drug-likeness (QED) is 0.698. The number of amides is 1. The van der Waals surface area contributed by atoms with Crippen molar-refractivity contribution in [3.63, 3.8) is 0 Å². The number of ether oxygens (including phenoxy) is 1. The van der Waals surface area contributed by atoms with Gasteiger partial charge in [-0.1, -0.05) is 47.5 Å². The third kappa shape index (κ3) is 2.60. The summed E-state index contributed by atoms with van der Waals surface area (Å²) in [5.41, 5.74) is 1.32. The highest BCUT2D eigenvalue weighted by Gasteiger charge is 2.47. The Bertz CT molecular complexity index is 873. The summed E-state index contributed by atoms with van der Waals surface area (Å²) < 4.78 is 5.71. The molecule has 2 aliphatic rings. The lowest BCUT2D eigenvalue weighted by molar-refractivity contribution is -0.0389. The number of benzene rings is 2. The molecular formula is C19H15Cl2NO3. The molecule has 0 N–H and O–H groups in total. The van der Waals surface area contributed by atoms with Gasteiger partial charge in [0, 0.05) is 31.5 Å². The second-order valence-corrected chi connectivity index (χ2v) is 7.11. The fraction of sp³-hybridized carbons (Fsp3) is 0.263. The Morgan fingerprint density at radius 2 is 1.76 bits per heavy atom. The van der Waals surface area contributed by atoms with E-state index < -0.39 is 5.60 Å². The zero-order valence-corrected chi connectivity index (χ0v) is 14.8. The molecule has 25 heavy (non-hydrogen) atoms. The van der Waals surface area contributed by atoms with Crippen molar-refractivity contribution in [3.8, 4) is 0 Å². The summed E-state index contributed by atoms with van der Waals surface area (Å²) in [4.78, 5) is 26.6. The van der Waals surface area contributed by atoms with E-state index in [4.69, 9.17) is 27.9 Å². The molecule has 1 fully saturated rings. The van der Waals surface area contributed by atoms with Crippen molar-refractivity contribution in [1.29, 1.82) is 0 Å². The largest absolute Gasteiger partial charge is 0.450 e. The molecule has 0 unspecified atom stereocenters. The summed E-state index contributed by atoms with van der Waals surface area (Å²) in [6.45, 7) is 0.979. The first-order valence-corrected chi connectivity index (χ1v) is 8.83. The van der Waals surface area contributed by atoms with Gasteiger partial charge in [-0.15, -0.1) is 0 Å². The van der Waals surface area contributed by atoms with Crippen LogP contribution in [0.5, 0.6) is 0 Å². The molecule has 2 heterocycles. The van der Waals surface area contributed by atoms with Gasteiger partial charge >= 0.3 is 5.97 Å². The van der Waals surface area contributed by atoms with Gasteiger partial charge in [0.25, 0.3) is 5.91 Å². The van der Waals surface area contributed by atoms with E-state index in [1.807, 2.05) is 18.2 Å². The van der Waals surface area contributed by atoms with Crippen LogP contribution in [-0.4, -0.2) is 29.9 Å². The van der Waals surface area contributed by atoms with Crippen molar-refractivity contribution in [2.24, 2.45) is 0 Å². The smallest absolute Gasteiger partial charge is 0.339 e. The minimum absolute atomic E-state index is 0.153. The number of hydrogen-bond donors (Lipinski definition) is 0. The second kappa shape index (κ2) is 6.04. The Balaban J connectivity index is 1.56. The molecule has 4 rings (SSSR count). The predicted octanol–water partition coefficient (Wildman–Crippen LogP) is 4.30. The van der Waals surface area contributed by atoms with Crippen molar-refractivity contribution in [3.05, 3.63) is 69.2 Å². The van der Waals surface area contributed by atoms with Crippen LogP contribution in [0.1, 0.15) is 39.1 Å². The lowest BCUT2D eigenvalue weighted by Gasteiger charge is -2.38. The Labute approximate surface area is 155 Å². The lowest BCUT2D eigenvalue weighted by Crippen LogP contribution is -2.45. The second-order valence-electron chi connectivity index (χ2n) is 6.32. The van der Waals surface area contributed by atoms with Gasteiger partial charge in [0.1, 0.15) is 5.60 Å². The van der Waals surface area contributed by atoms with E-state index in [1.165, 1.54) is 0 Å². The van der Waals surface area contributed by atoms with Gasteiger partial charge < -0.3 is 9.64 Å². The number of carbonyl (C=O) groups is 2. The monoisotopic (exact) mass is 375 g/mol. The normalized spacial score (nSPS) is 18.2. The molecule has 0 bridgehead atoms. The van der Waals surface area contributed by atoms with E-state index in [0.29, 0.717) is 42.1 Å². The molecule has 1 amide bonds. The zero-order valence-electron chi connectivity index (χ0n) is 13.3. The lowest BCUT2D eigenvalue weighted by atomic mass is 9.83. The van der Waals surface area contributed by atoms with Crippen molar-refractivity contribution < 1.29 is 14.3 Å². The predicted molar refractivity (Wildman–Crippen MR) is 95.1 cm³/mol. The van der Waals surface area contributed by atoms with Crippen LogP contribution in [0.25, 0.3) is 0 Å². The van der Waals surface area contributed by atoms with E-state index in [-0.39, 0.29) is 16.9 Å².